The molecular weight excluding hydrogens is 344 g/mol. The van der Waals surface area contributed by atoms with Gasteiger partial charge in [-0.1, -0.05) is 56.2 Å². The van der Waals surface area contributed by atoms with Crippen LogP contribution in [0.2, 0.25) is 0 Å². The number of methoxy groups -OCH3 is 1. The molecule has 3 rings (SSSR count). The van der Waals surface area contributed by atoms with Gasteiger partial charge in [-0.15, -0.1) is 0 Å². The highest BCUT2D eigenvalue weighted by molar-refractivity contribution is 5.55. The molecule has 1 aromatic carbocycles. The highest BCUT2D eigenvalue weighted by atomic mass is 16.5. The van der Waals surface area contributed by atoms with Crippen LogP contribution in [0.5, 0.6) is 0 Å². The van der Waals surface area contributed by atoms with E-state index in [0.717, 1.165) is 30.3 Å². The van der Waals surface area contributed by atoms with E-state index in [4.69, 9.17) is 4.74 Å². The summed E-state index contributed by atoms with van der Waals surface area (Å²) in [7, 11) is 1.75. The average molecular weight is 379 g/mol. The zero-order chi connectivity index (χ0) is 19.6. The second kappa shape index (κ2) is 11.1. The second-order valence-corrected chi connectivity index (χ2v) is 7.99. The van der Waals surface area contributed by atoms with E-state index in [-0.39, 0.29) is 0 Å². The van der Waals surface area contributed by atoms with Crippen molar-refractivity contribution in [3.8, 4) is 11.4 Å². The Bertz CT molecular complexity index is 713. The van der Waals surface area contributed by atoms with Gasteiger partial charge in [0.15, 0.2) is 5.82 Å². The van der Waals surface area contributed by atoms with Crippen molar-refractivity contribution in [1.29, 1.82) is 0 Å². The van der Waals surface area contributed by atoms with Crippen LogP contribution in [-0.2, 0) is 11.2 Å². The molecule has 1 aromatic heterocycles. The lowest BCUT2D eigenvalue weighted by molar-refractivity contribution is 0.233. The van der Waals surface area contributed by atoms with Gasteiger partial charge >= 0.3 is 0 Å². The van der Waals surface area contributed by atoms with E-state index in [1.165, 1.54) is 56.1 Å². The van der Waals surface area contributed by atoms with E-state index in [2.05, 4.69) is 53.3 Å². The number of benzene rings is 1. The Balaban J connectivity index is 1.54. The highest BCUT2D eigenvalue weighted by Gasteiger charge is 2.20. The molecule has 1 fully saturated rings. The molecule has 0 spiro atoms. The van der Waals surface area contributed by atoms with Crippen molar-refractivity contribution in [1.82, 2.24) is 9.97 Å². The Kier molecular flexibility index (Phi) is 8.23. The van der Waals surface area contributed by atoms with Crippen LogP contribution in [0, 0.1) is 5.92 Å². The van der Waals surface area contributed by atoms with Crippen molar-refractivity contribution in [2.24, 2.45) is 5.92 Å². The van der Waals surface area contributed by atoms with Crippen molar-refractivity contribution in [3.63, 3.8) is 0 Å². The number of nitrogens with zero attached hydrogens (tertiary/aromatic N) is 2. The van der Waals surface area contributed by atoms with Crippen molar-refractivity contribution in [2.45, 2.75) is 64.2 Å². The van der Waals surface area contributed by atoms with E-state index >= 15 is 0 Å². The van der Waals surface area contributed by atoms with Crippen LogP contribution < -0.4 is 0 Å². The maximum absolute atomic E-state index is 5.10. The first-order chi connectivity index (χ1) is 13.8. The summed E-state index contributed by atoms with van der Waals surface area (Å²) in [5, 5.41) is 0. The number of unbranched alkanes of at least 4 members (excludes halogenated alkanes) is 2. The lowest BCUT2D eigenvalue weighted by atomic mass is 9.78. The summed E-state index contributed by atoms with van der Waals surface area (Å²) in [6.45, 7) is 2.96. The molecule has 1 aliphatic rings. The van der Waals surface area contributed by atoms with Gasteiger partial charge in [0, 0.05) is 25.1 Å². The second-order valence-electron chi connectivity index (χ2n) is 7.99. The lowest BCUT2D eigenvalue weighted by Crippen LogP contribution is -2.11. The van der Waals surface area contributed by atoms with Gasteiger partial charge in [0.05, 0.1) is 6.61 Å². The average Bonchev–Trinajstić information content (AvgIpc) is 2.75. The van der Waals surface area contributed by atoms with E-state index in [1.54, 1.807) is 7.11 Å². The molecule has 3 nitrogen and oxygen atoms in total. The van der Waals surface area contributed by atoms with E-state index in [1.807, 2.05) is 12.4 Å². The number of hydrogen-bond donors (Lipinski definition) is 0. The summed E-state index contributed by atoms with van der Waals surface area (Å²) in [5.74, 6) is 2.23. The van der Waals surface area contributed by atoms with Gasteiger partial charge in [-0.25, -0.2) is 9.97 Å². The fourth-order valence-corrected chi connectivity index (χ4v) is 4.11. The molecule has 1 heterocycles. The van der Waals surface area contributed by atoms with Crippen LogP contribution in [0.25, 0.3) is 11.4 Å². The summed E-state index contributed by atoms with van der Waals surface area (Å²) < 4.78 is 5.10. The standard InChI is InChI=1S/C25H34N2O/c1-3-4-5-7-21-18-26-25(27-19-21)24-15-13-23(14-16-24)22-11-9-20(10-12-22)8-6-17-28-2/h6,8,13-16,18-20,22H,3-5,7,9-12,17H2,1-2H3/b8-6+/t20-,22-. The van der Waals surface area contributed by atoms with Crippen molar-refractivity contribution < 1.29 is 4.74 Å². The highest BCUT2D eigenvalue weighted by Crippen LogP contribution is 2.36. The molecule has 0 aliphatic heterocycles. The summed E-state index contributed by atoms with van der Waals surface area (Å²) in [6, 6.07) is 8.93. The third-order valence-corrected chi connectivity index (χ3v) is 5.86. The molecule has 0 unspecified atom stereocenters. The zero-order valence-corrected chi connectivity index (χ0v) is 17.4. The molecule has 2 aromatic rings. The van der Waals surface area contributed by atoms with Gasteiger partial charge < -0.3 is 4.74 Å². The molecule has 28 heavy (non-hydrogen) atoms. The number of allylic oxidation sites excluding steroid dienone is 1. The van der Waals surface area contributed by atoms with E-state index in [9.17, 15) is 0 Å². The number of aromatic nitrogens is 2. The molecule has 0 saturated heterocycles. The summed E-state index contributed by atoms with van der Waals surface area (Å²) in [5.41, 5.74) is 3.81. The molecule has 3 heteroatoms. The first kappa shape index (κ1) is 20.7. The maximum Gasteiger partial charge on any atom is 0.159 e. The van der Waals surface area contributed by atoms with Crippen LogP contribution in [-0.4, -0.2) is 23.7 Å². The van der Waals surface area contributed by atoms with Gasteiger partial charge in [-0.05, 0) is 61.5 Å². The first-order valence-electron chi connectivity index (χ1n) is 10.9. The smallest absolute Gasteiger partial charge is 0.159 e. The Morgan fingerprint density at radius 3 is 2.36 bits per heavy atom. The molecule has 0 amide bonds. The Morgan fingerprint density at radius 2 is 1.71 bits per heavy atom. The minimum atomic E-state index is 0.683. The van der Waals surface area contributed by atoms with Crippen LogP contribution in [0.15, 0.2) is 48.8 Å². The van der Waals surface area contributed by atoms with Crippen LogP contribution in [0.3, 0.4) is 0 Å². The minimum absolute atomic E-state index is 0.683. The fraction of sp³-hybridized carbons (Fsp3) is 0.520. The Hall–Kier alpha value is -2.00. The lowest BCUT2D eigenvalue weighted by Gasteiger charge is -2.27. The molecule has 1 saturated carbocycles. The van der Waals surface area contributed by atoms with Crippen LogP contribution in [0.1, 0.15) is 68.9 Å². The van der Waals surface area contributed by atoms with Crippen LogP contribution in [0.4, 0.5) is 0 Å². The topological polar surface area (TPSA) is 35.0 Å². The summed E-state index contributed by atoms with van der Waals surface area (Å²) in [4.78, 5) is 9.17. The molecule has 0 bridgehead atoms. The molecule has 0 N–H and O–H groups in total. The third kappa shape index (κ3) is 6.00. The van der Waals surface area contributed by atoms with Gasteiger partial charge in [-0.3, -0.25) is 0 Å². The SMILES string of the molecule is CCCCCc1cnc(-c2ccc([C@H]3CC[C@H](/C=C/COC)CC3)cc2)nc1. The minimum Gasteiger partial charge on any atom is -0.381 e. The zero-order valence-electron chi connectivity index (χ0n) is 17.4. The number of hydrogen-bond acceptors (Lipinski definition) is 3. The molecule has 150 valence electrons. The normalized spacial score (nSPS) is 19.9. The maximum atomic E-state index is 5.10. The Morgan fingerprint density at radius 1 is 1.00 bits per heavy atom. The van der Waals surface area contributed by atoms with E-state index in [0.29, 0.717) is 5.92 Å². The largest absolute Gasteiger partial charge is 0.381 e. The molecule has 0 radical (unpaired) electrons. The molecular formula is C25H34N2O. The molecule has 1 aliphatic carbocycles. The summed E-state index contributed by atoms with van der Waals surface area (Å²) >= 11 is 0. The van der Waals surface area contributed by atoms with Crippen molar-refractivity contribution in [3.05, 3.63) is 59.9 Å². The number of ether oxygens (including phenoxy) is 1. The predicted octanol–water partition coefficient (Wildman–Crippen LogP) is 6.35. The third-order valence-electron chi connectivity index (χ3n) is 5.86. The first-order valence-corrected chi connectivity index (χ1v) is 10.9. The predicted molar refractivity (Wildman–Crippen MR) is 116 cm³/mol. The summed E-state index contributed by atoms with van der Waals surface area (Å²) in [6.07, 6.45) is 18.4. The van der Waals surface area contributed by atoms with Gasteiger partial charge in [0.2, 0.25) is 0 Å². The van der Waals surface area contributed by atoms with E-state index < -0.39 is 0 Å². The van der Waals surface area contributed by atoms with Crippen LogP contribution >= 0.6 is 0 Å². The van der Waals surface area contributed by atoms with Crippen molar-refractivity contribution in [2.75, 3.05) is 13.7 Å². The number of rotatable bonds is 9. The Labute approximate surface area is 170 Å². The monoisotopic (exact) mass is 378 g/mol. The fourth-order valence-electron chi connectivity index (χ4n) is 4.11. The number of aryl methyl sites for hydroxylation is 1. The van der Waals surface area contributed by atoms with Gasteiger partial charge in [0.25, 0.3) is 0 Å². The van der Waals surface area contributed by atoms with Gasteiger partial charge in [0.1, 0.15) is 0 Å². The van der Waals surface area contributed by atoms with Gasteiger partial charge in [-0.2, -0.15) is 0 Å². The van der Waals surface area contributed by atoms with Crippen molar-refractivity contribution >= 4 is 0 Å². The molecule has 0 atom stereocenters. The quantitative estimate of drug-likeness (QED) is 0.376.